The van der Waals surface area contributed by atoms with Gasteiger partial charge < -0.3 is 19.3 Å². The monoisotopic (exact) mass is 437 g/mol. The zero-order chi connectivity index (χ0) is 22.5. The van der Waals surface area contributed by atoms with Crippen molar-refractivity contribution in [3.8, 4) is 5.75 Å². The van der Waals surface area contributed by atoms with Gasteiger partial charge in [0.25, 0.3) is 11.8 Å². The third-order valence-corrected chi connectivity index (χ3v) is 5.68. The minimum atomic E-state index is -0.292. The van der Waals surface area contributed by atoms with E-state index in [0.29, 0.717) is 74.3 Å². The molecule has 1 fully saturated rings. The Morgan fingerprint density at radius 1 is 0.906 bits per heavy atom. The number of amides is 2. The molecule has 4 rings (SSSR count). The van der Waals surface area contributed by atoms with E-state index in [9.17, 15) is 9.59 Å². The van der Waals surface area contributed by atoms with Crippen LogP contribution < -0.4 is 9.64 Å². The molecule has 0 N–H and O–H groups in total. The first kappa shape index (κ1) is 21.8. The number of hydrogen-bond acceptors (Lipinski definition) is 8. The van der Waals surface area contributed by atoms with Crippen molar-refractivity contribution in [1.29, 1.82) is 0 Å². The van der Waals surface area contributed by atoms with Gasteiger partial charge in [-0.25, -0.2) is 9.97 Å². The van der Waals surface area contributed by atoms with Crippen molar-refractivity contribution >= 4 is 23.3 Å². The number of benzene rings is 1. The highest BCUT2D eigenvalue weighted by atomic mass is 16.5. The Kier molecular flexibility index (Phi) is 6.65. The highest BCUT2D eigenvalue weighted by molar-refractivity contribution is 6.36. The van der Waals surface area contributed by atoms with E-state index in [1.807, 2.05) is 23.1 Å². The van der Waals surface area contributed by atoms with E-state index in [0.717, 1.165) is 0 Å². The molecule has 0 spiro atoms. The second-order valence-electron chi connectivity index (χ2n) is 7.56. The first-order valence-corrected chi connectivity index (χ1v) is 10.7. The Morgan fingerprint density at radius 2 is 1.59 bits per heavy atom. The van der Waals surface area contributed by atoms with Crippen LogP contribution in [-0.4, -0.2) is 85.1 Å². The molecule has 2 aromatic rings. The highest BCUT2D eigenvalue weighted by Crippen LogP contribution is 2.36. The van der Waals surface area contributed by atoms with Gasteiger partial charge in [-0.15, -0.1) is 0 Å². The van der Waals surface area contributed by atoms with Crippen molar-refractivity contribution in [1.82, 2.24) is 19.8 Å². The van der Waals surface area contributed by atoms with Gasteiger partial charge in [0.2, 0.25) is 5.95 Å². The van der Waals surface area contributed by atoms with Crippen LogP contribution in [0.1, 0.15) is 12.0 Å². The molecule has 3 heterocycles. The predicted molar refractivity (Wildman–Crippen MR) is 119 cm³/mol. The van der Waals surface area contributed by atoms with E-state index >= 15 is 0 Å². The number of imide groups is 1. The van der Waals surface area contributed by atoms with Gasteiger partial charge in [-0.05, 0) is 18.6 Å². The van der Waals surface area contributed by atoms with Crippen LogP contribution in [0.5, 0.6) is 5.75 Å². The summed E-state index contributed by atoms with van der Waals surface area (Å²) >= 11 is 0. The lowest BCUT2D eigenvalue weighted by atomic mass is 10.0. The lowest BCUT2D eigenvalue weighted by Crippen LogP contribution is -2.48. The topological polar surface area (TPSA) is 88.1 Å². The Bertz CT molecular complexity index is 1000. The SMILES string of the molecule is COCCCN1C(=O)C(c2ccccc2OC)=C(N2CCN(c3ncccn3)CC2)C1=O. The van der Waals surface area contributed by atoms with Crippen LogP contribution in [-0.2, 0) is 14.3 Å². The van der Waals surface area contributed by atoms with Crippen molar-refractivity contribution < 1.29 is 19.1 Å². The molecule has 9 heteroatoms. The summed E-state index contributed by atoms with van der Waals surface area (Å²) in [5, 5.41) is 0. The molecule has 1 aromatic carbocycles. The number of carbonyl (C=O) groups excluding carboxylic acids is 2. The second kappa shape index (κ2) is 9.78. The first-order chi connectivity index (χ1) is 15.7. The van der Waals surface area contributed by atoms with Crippen molar-refractivity contribution in [3.63, 3.8) is 0 Å². The zero-order valence-corrected chi connectivity index (χ0v) is 18.4. The van der Waals surface area contributed by atoms with Gasteiger partial charge >= 0.3 is 0 Å². The molecule has 0 atom stereocenters. The third-order valence-electron chi connectivity index (χ3n) is 5.68. The second-order valence-corrected chi connectivity index (χ2v) is 7.56. The fourth-order valence-corrected chi connectivity index (χ4v) is 4.11. The van der Waals surface area contributed by atoms with Crippen molar-refractivity contribution in [2.45, 2.75) is 6.42 Å². The fourth-order valence-electron chi connectivity index (χ4n) is 4.11. The van der Waals surface area contributed by atoms with Crippen LogP contribution in [0.25, 0.3) is 5.57 Å². The van der Waals surface area contributed by atoms with E-state index in [1.165, 1.54) is 4.90 Å². The van der Waals surface area contributed by atoms with Crippen LogP contribution in [0.4, 0.5) is 5.95 Å². The number of hydrogen-bond donors (Lipinski definition) is 0. The fraction of sp³-hybridized carbons (Fsp3) is 0.391. The Balaban J connectivity index is 1.64. The predicted octanol–water partition coefficient (Wildman–Crippen LogP) is 1.42. The summed E-state index contributed by atoms with van der Waals surface area (Å²) in [4.78, 5) is 40.9. The molecular formula is C23H27N5O4. The maximum Gasteiger partial charge on any atom is 0.277 e. The number of piperazine rings is 1. The number of anilines is 1. The summed E-state index contributed by atoms with van der Waals surface area (Å²) in [7, 11) is 3.17. The average molecular weight is 438 g/mol. The summed E-state index contributed by atoms with van der Waals surface area (Å²) < 4.78 is 10.6. The standard InChI is InChI=1S/C23H27N5O4/c1-31-16-6-11-28-21(29)19(17-7-3-4-8-18(17)32-2)20(22(28)30)26-12-14-27(15-13-26)23-24-9-5-10-25-23/h3-5,7-10H,6,11-16H2,1-2H3. The highest BCUT2D eigenvalue weighted by Gasteiger charge is 2.42. The quantitative estimate of drug-likeness (QED) is 0.453. The molecule has 1 saturated heterocycles. The van der Waals surface area contributed by atoms with Gasteiger partial charge in [-0.1, -0.05) is 18.2 Å². The number of methoxy groups -OCH3 is 2. The van der Waals surface area contributed by atoms with Gasteiger partial charge in [-0.3, -0.25) is 14.5 Å². The summed E-state index contributed by atoms with van der Waals surface area (Å²) in [6.07, 6.45) is 4.02. The van der Waals surface area contributed by atoms with E-state index in [-0.39, 0.29) is 11.8 Å². The third kappa shape index (κ3) is 4.16. The summed E-state index contributed by atoms with van der Waals surface area (Å²) in [5.74, 6) is 0.674. The van der Waals surface area contributed by atoms with E-state index in [4.69, 9.17) is 9.47 Å². The molecule has 2 aliphatic heterocycles. The largest absolute Gasteiger partial charge is 0.496 e. The number of aromatic nitrogens is 2. The smallest absolute Gasteiger partial charge is 0.277 e. The molecule has 1 aromatic heterocycles. The lowest BCUT2D eigenvalue weighted by Gasteiger charge is -2.36. The van der Waals surface area contributed by atoms with Crippen molar-refractivity contribution in [3.05, 3.63) is 54.0 Å². The maximum absolute atomic E-state index is 13.4. The van der Waals surface area contributed by atoms with E-state index in [2.05, 4.69) is 14.9 Å². The molecule has 0 bridgehead atoms. The molecule has 32 heavy (non-hydrogen) atoms. The van der Waals surface area contributed by atoms with Gasteiger partial charge in [0.1, 0.15) is 11.4 Å². The Hall–Kier alpha value is -3.46. The minimum Gasteiger partial charge on any atom is -0.496 e. The van der Waals surface area contributed by atoms with Gasteiger partial charge in [-0.2, -0.15) is 0 Å². The van der Waals surface area contributed by atoms with Crippen molar-refractivity contribution in [2.75, 3.05) is 58.5 Å². The molecular weight excluding hydrogens is 410 g/mol. The van der Waals surface area contributed by atoms with Gasteiger partial charge in [0.15, 0.2) is 0 Å². The Morgan fingerprint density at radius 3 is 2.28 bits per heavy atom. The molecule has 9 nitrogen and oxygen atoms in total. The molecule has 2 aliphatic rings. The minimum absolute atomic E-state index is 0.267. The van der Waals surface area contributed by atoms with Gasteiger partial charge in [0.05, 0.1) is 12.7 Å². The van der Waals surface area contributed by atoms with E-state index < -0.39 is 0 Å². The number of carbonyl (C=O) groups is 2. The normalized spacial score (nSPS) is 16.9. The molecule has 2 amide bonds. The maximum atomic E-state index is 13.4. The van der Waals surface area contributed by atoms with Crippen molar-refractivity contribution in [2.24, 2.45) is 0 Å². The van der Waals surface area contributed by atoms with Gasteiger partial charge in [0, 0.05) is 64.4 Å². The van der Waals surface area contributed by atoms with E-state index in [1.54, 1.807) is 38.7 Å². The van der Waals surface area contributed by atoms with Crippen LogP contribution in [0, 0.1) is 0 Å². The summed E-state index contributed by atoms with van der Waals surface area (Å²) in [5.41, 5.74) is 1.46. The average Bonchev–Trinajstić information content (AvgIpc) is 3.09. The molecule has 0 radical (unpaired) electrons. The summed E-state index contributed by atoms with van der Waals surface area (Å²) in [6, 6.07) is 9.10. The molecule has 168 valence electrons. The molecule has 0 saturated carbocycles. The molecule has 0 aliphatic carbocycles. The molecule has 0 unspecified atom stereocenters. The number of nitrogens with zero attached hydrogens (tertiary/aromatic N) is 5. The Labute approximate surface area is 187 Å². The number of para-hydroxylation sites is 1. The van der Waals surface area contributed by atoms with Crippen LogP contribution in [0.3, 0.4) is 0 Å². The number of ether oxygens (including phenoxy) is 2. The van der Waals surface area contributed by atoms with Crippen LogP contribution in [0.2, 0.25) is 0 Å². The number of rotatable bonds is 8. The zero-order valence-electron chi connectivity index (χ0n) is 18.4. The summed E-state index contributed by atoms with van der Waals surface area (Å²) in [6.45, 7) is 3.25. The van der Waals surface area contributed by atoms with Crippen LogP contribution in [0.15, 0.2) is 48.4 Å². The first-order valence-electron chi connectivity index (χ1n) is 10.7. The van der Waals surface area contributed by atoms with Crippen LogP contribution >= 0.6 is 0 Å². The lowest BCUT2D eigenvalue weighted by molar-refractivity contribution is -0.137.